The molecule has 3 heteroatoms. The van der Waals surface area contributed by atoms with E-state index in [1.807, 2.05) is 0 Å². The molecule has 2 aliphatic rings. The molecule has 0 amide bonds. The number of rotatable bonds is 4. The predicted octanol–water partition coefficient (Wildman–Crippen LogP) is 1.57. The molecule has 0 radical (unpaired) electrons. The van der Waals surface area contributed by atoms with Crippen LogP contribution in [0.3, 0.4) is 0 Å². The van der Waals surface area contributed by atoms with Crippen molar-refractivity contribution in [2.24, 2.45) is 5.92 Å². The van der Waals surface area contributed by atoms with E-state index in [1.54, 1.807) is 0 Å². The molecule has 2 rings (SSSR count). The van der Waals surface area contributed by atoms with Crippen LogP contribution in [0.15, 0.2) is 0 Å². The number of β-amino-alcohol motifs (C(OH)–C–C–N with tert-alkyl or cyclic N) is 1. The maximum Gasteiger partial charge on any atom is 0.0695 e. The van der Waals surface area contributed by atoms with Crippen molar-refractivity contribution in [2.75, 3.05) is 39.3 Å². The van der Waals surface area contributed by atoms with Gasteiger partial charge in [-0.3, -0.25) is 4.90 Å². The third-order valence-corrected chi connectivity index (χ3v) is 4.55. The summed E-state index contributed by atoms with van der Waals surface area (Å²) in [6, 6.07) is 0. The van der Waals surface area contributed by atoms with Crippen LogP contribution < -0.4 is 0 Å². The summed E-state index contributed by atoms with van der Waals surface area (Å²) in [7, 11) is 0. The molecule has 0 bridgehead atoms. The second-order valence-electron chi connectivity index (χ2n) is 5.70. The lowest BCUT2D eigenvalue weighted by Crippen LogP contribution is -2.49. The molecule has 3 nitrogen and oxygen atoms in total. The van der Waals surface area contributed by atoms with Crippen LogP contribution in [0.2, 0.25) is 0 Å². The molecular weight excluding hydrogens is 212 g/mol. The topological polar surface area (TPSA) is 26.7 Å². The quantitative estimate of drug-likeness (QED) is 0.808. The molecule has 2 fully saturated rings. The Bertz CT molecular complexity index is 208. The Hall–Kier alpha value is -0.120. The van der Waals surface area contributed by atoms with E-state index in [0.29, 0.717) is 5.92 Å². The number of aliphatic hydroxyl groups excluding tert-OH is 1. The molecule has 1 atom stereocenters. The van der Waals surface area contributed by atoms with Crippen molar-refractivity contribution in [3.05, 3.63) is 0 Å². The molecule has 0 aromatic carbocycles. The molecule has 1 saturated heterocycles. The van der Waals surface area contributed by atoms with Gasteiger partial charge in [-0.05, 0) is 25.3 Å². The zero-order valence-electron chi connectivity index (χ0n) is 11.3. The van der Waals surface area contributed by atoms with Gasteiger partial charge < -0.3 is 10.0 Å². The van der Waals surface area contributed by atoms with Crippen LogP contribution in [0.25, 0.3) is 0 Å². The lowest BCUT2D eigenvalue weighted by Gasteiger charge is -2.37. The molecule has 1 aliphatic carbocycles. The lowest BCUT2D eigenvalue weighted by atomic mass is 9.85. The number of hydrogen-bond acceptors (Lipinski definition) is 3. The fraction of sp³-hybridized carbons (Fsp3) is 1.00. The summed E-state index contributed by atoms with van der Waals surface area (Å²) >= 11 is 0. The van der Waals surface area contributed by atoms with Crippen molar-refractivity contribution in [1.82, 2.24) is 9.80 Å². The summed E-state index contributed by atoms with van der Waals surface area (Å²) in [5.74, 6) is 0.577. The Kier molecular flexibility index (Phi) is 5.26. The molecule has 100 valence electrons. The van der Waals surface area contributed by atoms with Crippen molar-refractivity contribution in [1.29, 1.82) is 0 Å². The number of aliphatic hydroxyl groups is 1. The summed E-state index contributed by atoms with van der Waals surface area (Å²) in [4.78, 5) is 4.94. The molecule has 1 heterocycles. The molecule has 17 heavy (non-hydrogen) atoms. The molecule has 0 spiro atoms. The monoisotopic (exact) mass is 240 g/mol. The van der Waals surface area contributed by atoms with Gasteiger partial charge in [0.2, 0.25) is 0 Å². The fourth-order valence-electron chi connectivity index (χ4n) is 3.22. The van der Waals surface area contributed by atoms with Gasteiger partial charge in [0.25, 0.3) is 0 Å². The molecule has 1 unspecified atom stereocenters. The SMILES string of the molecule is CCN1CCN(CC(O)C2CCCCC2)CC1. The van der Waals surface area contributed by atoms with Crippen LogP contribution in [-0.2, 0) is 0 Å². The summed E-state index contributed by atoms with van der Waals surface area (Å²) in [5, 5.41) is 10.3. The van der Waals surface area contributed by atoms with Gasteiger partial charge >= 0.3 is 0 Å². The predicted molar refractivity (Wildman–Crippen MR) is 71.1 cm³/mol. The average Bonchev–Trinajstić information content (AvgIpc) is 2.40. The van der Waals surface area contributed by atoms with Crippen LogP contribution in [0.5, 0.6) is 0 Å². The minimum atomic E-state index is -0.0801. The average molecular weight is 240 g/mol. The van der Waals surface area contributed by atoms with Gasteiger partial charge in [0.05, 0.1) is 6.10 Å². The molecule has 1 saturated carbocycles. The zero-order valence-corrected chi connectivity index (χ0v) is 11.3. The molecule has 0 aromatic heterocycles. The van der Waals surface area contributed by atoms with Crippen LogP contribution in [0.1, 0.15) is 39.0 Å². The molecular formula is C14H28N2O. The zero-order chi connectivity index (χ0) is 12.1. The van der Waals surface area contributed by atoms with Gasteiger partial charge in [-0.1, -0.05) is 26.2 Å². The first-order valence-electron chi connectivity index (χ1n) is 7.42. The first kappa shape index (κ1) is 13.3. The van der Waals surface area contributed by atoms with Gasteiger partial charge in [-0.15, -0.1) is 0 Å². The van der Waals surface area contributed by atoms with Crippen LogP contribution >= 0.6 is 0 Å². The molecule has 1 N–H and O–H groups in total. The van der Waals surface area contributed by atoms with Crippen molar-refractivity contribution in [2.45, 2.75) is 45.1 Å². The van der Waals surface area contributed by atoms with Crippen molar-refractivity contribution < 1.29 is 5.11 Å². The van der Waals surface area contributed by atoms with E-state index < -0.39 is 0 Å². The Morgan fingerprint density at radius 1 is 1.00 bits per heavy atom. The van der Waals surface area contributed by atoms with E-state index >= 15 is 0 Å². The van der Waals surface area contributed by atoms with E-state index in [1.165, 1.54) is 51.7 Å². The van der Waals surface area contributed by atoms with Gasteiger partial charge in [0.15, 0.2) is 0 Å². The van der Waals surface area contributed by atoms with Crippen molar-refractivity contribution in [3.8, 4) is 0 Å². The van der Waals surface area contributed by atoms with E-state index in [9.17, 15) is 5.11 Å². The minimum Gasteiger partial charge on any atom is -0.392 e. The maximum absolute atomic E-state index is 10.3. The van der Waals surface area contributed by atoms with Gasteiger partial charge in [0, 0.05) is 32.7 Å². The van der Waals surface area contributed by atoms with Crippen molar-refractivity contribution in [3.63, 3.8) is 0 Å². The van der Waals surface area contributed by atoms with Gasteiger partial charge in [-0.25, -0.2) is 0 Å². The van der Waals surface area contributed by atoms with Crippen LogP contribution in [0.4, 0.5) is 0 Å². The second-order valence-corrected chi connectivity index (χ2v) is 5.70. The lowest BCUT2D eigenvalue weighted by molar-refractivity contribution is 0.0303. The highest BCUT2D eigenvalue weighted by Crippen LogP contribution is 2.26. The standard InChI is InChI=1S/C14H28N2O/c1-2-15-8-10-16(11-9-15)12-14(17)13-6-4-3-5-7-13/h13-14,17H,2-12H2,1H3. The summed E-state index contributed by atoms with van der Waals surface area (Å²) in [6.07, 6.45) is 6.44. The first-order valence-corrected chi connectivity index (χ1v) is 7.42. The van der Waals surface area contributed by atoms with Crippen molar-refractivity contribution >= 4 is 0 Å². The Morgan fingerprint density at radius 2 is 1.59 bits per heavy atom. The number of piperazine rings is 1. The highest BCUT2D eigenvalue weighted by molar-refractivity contribution is 4.79. The normalized spacial score (nSPS) is 27.2. The fourth-order valence-corrected chi connectivity index (χ4v) is 3.22. The Balaban J connectivity index is 1.69. The van der Waals surface area contributed by atoms with Crippen LogP contribution in [0, 0.1) is 5.92 Å². The summed E-state index contributed by atoms with van der Waals surface area (Å²) in [5.41, 5.74) is 0. The maximum atomic E-state index is 10.3. The summed E-state index contributed by atoms with van der Waals surface area (Å²) < 4.78 is 0. The largest absolute Gasteiger partial charge is 0.392 e. The van der Waals surface area contributed by atoms with E-state index in [0.717, 1.165) is 19.6 Å². The summed E-state index contributed by atoms with van der Waals surface area (Å²) in [6.45, 7) is 8.92. The highest BCUT2D eigenvalue weighted by Gasteiger charge is 2.25. The number of hydrogen-bond donors (Lipinski definition) is 1. The van der Waals surface area contributed by atoms with Gasteiger partial charge in [0.1, 0.15) is 0 Å². The highest BCUT2D eigenvalue weighted by atomic mass is 16.3. The van der Waals surface area contributed by atoms with E-state index in [-0.39, 0.29) is 6.10 Å². The Morgan fingerprint density at radius 3 is 2.18 bits per heavy atom. The third-order valence-electron chi connectivity index (χ3n) is 4.55. The van der Waals surface area contributed by atoms with E-state index in [2.05, 4.69) is 16.7 Å². The first-order chi connectivity index (χ1) is 8.29. The van der Waals surface area contributed by atoms with E-state index in [4.69, 9.17) is 0 Å². The van der Waals surface area contributed by atoms with Crippen LogP contribution in [-0.4, -0.2) is 60.3 Å². The Labute approximate surface area is 106 Å². The smallest absolute Gasteiger partial charge is 0.0695 e. The number of nitrogens with zero attached hydrogens (tertiary/aromatic N) is 2. The molecule has 1 aliphatic heterocycles. The molecule has 0 aromatic rings. The number of likely N-dealkylation sites (N-methyl/N-ethyl adjacent to an activating group) is 1. The third kappa shape index (κ3) is 3.94. The second kappa shape index (κ2) is 6.72. The minimum absolute atomic E-state index is 0.0801. The van der Waals surface area contributed by atoms with Gasteiger partial charge in [-0.2, -0.15) is 0 Å².